The van der Waals surface area contributed by atoms with E-state index in [0.29, 0.717) is 17.2 Å². The average molecular weight is 179 g/mol. The predicted octanol–water partition coefficient (Wildman–Crippen LogP) is -0.313. The molecule has 0 aromatic carbocycles. The van der Waals surface area contributed by atoms with Crippen LogP contribution in [0.2, 0.25) is 0 Å². The molecule has 1 amide bonds. The fourth-order valence-electron chi connectivity index (χ4n) is 1.38. The van der Waals surface area contributed by atoms with Gasteiger partial charge in [-0.05, 0) is 18.1 Å². The van der Waals surface area contributed by atoms with E-state index in [9.17, 15) is 10.0 Å². The molecule has 0 aliphatic carbocycles. The molecule has 1 aliphatic rings. The van der Waals surface area contributed by atoms with E-state index in [0.717, 1.165) is 5.56 Å². The molecule has 5 heteroatoms. The van der Waals surface area contributed by atoms with Crippen LogP contribution in [0.4, 0.5) is 5.69 Å². The van der Waals surface area contributed by atoms with E-state index in [1.807, 2.05) is 0 Å². The maximum Gasteiger partial charge on any atom is 0.267 e. The van der Waals surface area contributed by atoms with Crippen LogP contribution in [-0.4, -0.2) is 22.1 Å². The zero-order valence-electron chi connectivity index (χ0n) is 6.84. The second-order valence-electron chi connectivity index (χ2n) is 2.97. The molecule has 1 aliphatic heterocycles. The van der Waals surface area contributed by atoms with Crippen LogP contribution in [0.1, 0.15) is 5.56 Å². The van der Waals surface area contributed by atoms with Crippen molar-refractivity contribution >= 4 is 11.6 Å². The van der Waals surface area contributed by atoms with Gasteiger partial charge in [-0.1, -0.05) is 0 Å². The molecule has 13 heavy (non-hydrogen) atoms. The Morgan fingerprint density at radius 3 is 3.23 bits per heavy atom. The number of carbonyl (C=O) groups is 1. The van der Waals surface area contributed by atoms with Gasteiger partial charge in [0.15, 0.2) is 0 Å². The summed E-state index contributed by atoms with van der Waals surface area (Å²) in [5.41, 5.74) is 6.77. The van der Waals surface area contributed by atoms with Gasteiger partial charge in [-0.15, -0.1) is 0 Å². The van der Waals surface area contributed by atoms with E-state index in [2.05, 4.69) is 4.98 Å². The van der Waals surface area contributed by atoms with Crippen molar-refractivity contribution in [3.05, 3.63) is 24.0 Å². The smallest absolute Gasteiger partial charge is 0.267 e. The molecule has 0 spiro atoms. The number of hydroxylamine groups is 1. The number of anilines is 1. The van der Waals surface area contributed by atoms with Crippen LogP contribution in [0.3, 0.4) is 0 Å². The standard InChI is InChI=1S/C8H9N3O2/c9-6-3-5-1-2-10-4-7(5)11(13)8(6)12/h1-2,4,6,13H,3,9H2/t6-/m0/s1. The molecule has 0 saturated carbocycles. The molecule has 1 aromatic rings. The Bertz CT molecular complexity index is 353. The quantitative estimate of drug-likeness (QED) is 0.535. The number of rotatable bonds is 0. The molecule has 0 bridgehead atoms. The Morgan fingerprint density at radius 1 is 1.69 bits per heavy atom. The summed E-state index contributed by atoms with van der Waals surface area (Å²) in [7, 11) is 0. The Balaban J connectivity index is 2.49. The average Bonchev–Trinajstić information content (AvgIpc) is 2.15. The third-order valence-electron chi connectivity index (χ3n) is 2.08. The van der Waals surface area contributed by atoms with Crippen molar-refractivity contribution < 1.29 is 10.0 Å². The fraction of sp³-hybridized carbons (Fsp3) is 0.250. The van der Waals surface area contributed by atoms with E-state index in [1.54, 1.807) is 12.3 Å². The van der Waals surface area contributed by atoms with Crippen LogP contribution < -0.4 is 10.8 Å². The third kappa shape index (κ3) is 1.18. The van der Waals surface area contributed by atoms with Crippen molar-refractivity contribution in [2.75, 3.05) is 5.06 Å². The summed E-state index contributed by atoms with van der Waals surface area (Å²) in [6.07, 6.45) is 3.50. The maximum atomic E-state index is 11.2. The van der Waals surface area contributed by atoms with Gasteiger partial charge in [-0.2, -0.15) is 5.06 Å². The molecule has 1 atom stereocenters. The largest absolute Gasteiger partial charge is 0.320 e. The Labute approximate surface area is 74.7 Å². The zero-order valence-corrected chi connectivity index (χ0v) is 6.84. The number of hydrogen-bond donors (Lipinski definition) is 2. The van der Waals surface area contributed by atoms with E-state index >= 15 is 0 Å². The van der Waals surface area contributed by atoms with E-state index in [4.69, 9.17) is 5.73 Å². The maximum absolute atomic E-state index is 11.2. The Kier molecular flexibility index (Phi) is 1.75. The first kappa shape index (κ1) is 8.15. The molecule has 0 saturated heterocycles. The SMILES string of the molecule is N[C@H]1Cc2ccncc2N(O)C1=O. The van der Waals surface area contributed by atoms with Gasteiger partial charge >= 0.3 is 0 Å². The highest BCUT2D eigenvalue weighted by Gasteiger charge is 2.29. The molecule has 0 radical (unpaired) electrons. The Morgan fingerprint density at radius 2 is 2.46 bits per heavy atom. The highest BCUT2D eigenvalue weighted by atomic mass is 16.5. The number of hydrogen-bond acceptors (Lipinski definition) is 4. The highest BCUT2D eigenvalue weighted by molar-refractivity contribution is 5.97. The molecule has 68 valence electrons. The van der Waals surface area contributed by atoms with Gasteiger partial charge in [0.2, 0.25) is 0 Å². The Hall–Kier alpha value is -1.46. The summed E-state index contributed by atoms with van der Waals surface area (Å²) in [4.78, 5) is 15.0. The first-order chi connectivity index (χ1) is 6.20. The molecular weight excluding hydrogens is 170 g/mol. The van der Waals surface area contributed by atoms with Crippen molar-refractivity contribution in [3.63, 3.8) is 0 Å². The zero-order chi connectivity index (χ0) is 9.42. The first-order valence-electron chi connectivity index (χ1n) is 3.91. The van der Waals surface area contributed by atoms with E-state index in [1.165, 1.54) is 6.20 Å². The van der Waals surface area contributed by atoms with Gasteiger partial charge in [0, 0.05) is 6.20 Å². The van der Waals surface area contributed by atoms with E-state index < -0.39 is 11.9 Å². The van der Waals surface area contributed by atoms with Gasteiger partial charge < -0.3 is 5.73 Å². The van der Waals surface area contributed by atoms with Crippen molar-refractivity contribution in [2.24, 2.45) is 5.73 Å². The van der Waals surface area contributed by atoms with Gasteiger partial charge in [0.1, 0.15) is 0 Å². The summed E-state index contributed by atoms with van der Waals surface area (Å²) in [5.74, 6) is -0.486. The monoisotopic (exact) mass is 179 g/mol. The van der Waals surface area contributed by atoms with Crippen molar-refractivity contribution in [1.82, 2.24) is 4.98 Å². The predicted molar refractivity (Wildman–Crippen MR) is 45.2 cm³/mol. The molecule has 5 nitrogen and oxygen atoms in total. The number of nitrogens with two attached hydrogens (primary N) is 1. The summed E-state index contributed by atoms with van der Waals surface area (Å²) < 4.78 is 0. The summed E-state index contributed by atoms with van der Waals surface area (Å²) >= 11 is 0. The van der Waals surface area contributed by atoms with Crippen molar-refractivity contribution in [2.45, 2.75) is 12.5 Å². The van der Waals surface area contributed by atoms with Gasteiger partial charge in [0.25, 0.3) is 5.91 Å². The fourth-order valence-corrected chi connectivity index (χ4v) is 1.38. The van der Waals surface area contributed by atoms with Crippen molar-refractivity contribution in [3.8, 4) is 0 Å². The summed E-state index contributed by atoms with van der Waals surface area (Å²) in [5, 5.41) is 9.93. The van der Waals surface area contributed by atoms with Gasteiger partial charge in [0.05, 0.1) is 17.9 Å². The lowest BCUT2D eigenvalue weighted by Crippen LogP contribution is -2.47. The summed E-state index contributed by atoms with van der Waals surface area (Å²) in [6.45, 7) is 0. The second-order valence-corrected chi connectivity index (χ2v) is 2.97. The van der Waals surface area contributed by atoms with Crippen LogP contribution in [-0.2, 0) is 11.2 Å². The minimum atomic E-state index is -0.653. The minimum Gasteiger partial charge on any atom is -0.320 e. The topological polar surface area (TPSA) is 79.4 Å². The second kappa shape index (κ2) is 2.79. The number of pyridine rings is 1. The van der Waals surface area contributed by atoms with Crippen LogP contribution in [0.15, 0.2) is 18.5 Å². The van der Waals surface area contributed by atoms with Gasteiger partial charge in [-0.3, -0.25) is 15.0 Å². The van der Waals surface area contributed by atoms with Crippen LogP contribution in [0.5, 0.6) is 0 Å². The molecule has 0 unspecified atom stereocenters. The molecule has 2 heterocycles. The number of carbonyl (C=O) groups excluding carboxylic acids is 1. The van der Waals surface area contributed by atoms with Crippen LogP contribution in [0, 0.1) is 0 Å². The number of nitrogens with zero attached hydrogens (tertiary/aromatic N) is 2. The van der Waals surface area contributed by atoms with E-state index in [-0.39, 0.29) is 0 Å². The lowest BCUT2D eigenvalue weighted by Gasteiger charge is -2.26. The lowest BCUT2D eigenvalue weighted by molar-refractivity contribution is -0.125. The highest BCUT2D eigenvalue weighted by Crippen LogP contribution is 2.24. The van der Waals surface area contributed by atoms with Gasteiger partial charge in [-0.25, -0.2) is 0 Å². The van der Waals surface area contributed by atoms with Crippen LogP contribution >= 0.6 is 0 Å². The first-order valence-corrected chi connectivity index (χ1v) is 3.91. The lowest BCUT2D eigenvalue weighted by atomic mass is 10.0. The molecule has 0 fully saturated rings. The number of aromatic nitrogens is 1. The normalized spacial score (nSPS) is 21.5. The molecular formula is C8H9N3O2. The third-order valence-corrected chi connectivity index (χ3v) is 2.08. The van der Waals surface area contributed by atoms with Crippen LogP contribution in [0.25, 0.3) is 0 Å². The molecule has 1 aromatic heterocycles. The van der Waals surface area contributed by atoms with Crippen molar-refractivity contribution in [1.29, 1.82) is 0 Å². The minimum absolute atomic E-state index is 0.425. The molecule has 2 rings (SSSR count). The number of amides is 1. The molecule has 3 N–H and O–H groups in total. The summed E-state index contributed by atoms with van der Waals surface area (Å²) in [6, 6.07) is 1.09. The number of fused-ring (bicyclic) bond motifs is 1.